The van der Waals surface area contributed by atoms with E-state index in [9.17, 15) is 17.2 Å². The first-order valence-corrected chi connectivity index (χ1v) is 8.55. The maximum atomic E-state index is 13.9. The van der Waals surface area contributed by atoms with E-state index >= 15 is 0 Å². The van der Waals surface area contributed by atoms with Gasteiger partial charge in [-0.25, -0.2) is 17.9 Å². The lowest BCUT2D eigenvalue weighted by atomic mass is 9.85. The minimum absolute atomic E-state index is 0.169. The van der Waals surface area contributed by atoms with Crippen molar-refractivity contribution in [1.82, 2.24) is 0 Å². The fraction of sp³-hybridized carbons (Fsp3) is 0.571. The van der Waals surface area contributed by atoms with Crippen LogP contribution in [-0.4, -0.2) is 14.5 Å². The zero-order valence-corrected chi connectivity index (χ0v) is 12.6. The lowest BCUT2D eigenvalue weighted by Crippen LogP contribution is -2.25. The largest absolute Gasteiger partial charge is 0.487 e. The summed E-state index contributed by atoms with van der Waals surface area (Å²) in [7, 11) is -4.29. The maximum Gasteiger partial charge on any atom is 0.241 e. The average molecular weight is 319 g/mol. The van der Waals surface area contributed by atoms with Crippen LogP contribution in [0.2, 0.25) is 0 Å². The first-order chi connectivity index (χ1) is 9.82. The van der Waals surface area contributed by atoms with Crippen LogP contribution in [0.3, 0.4) is 0 Å². The predicted octanol–water partition coefficient (Wildman–Crippen LogP) is 2.96. The van der Waals surface area contributed by atoms with Gasteiger partial charge in [-0.1, -0.05) is 19.8 Å². The van der Waals surface area contributed by atoms with Crippen molar-refractivity contribution in [3.8, 4) is 5.75 Å². The second-order valence-electron chi connectivity index (χ2n) is 5.42. The molecule has 2 unspecified atom stereocenters. The molecule has 1 aliphatic carbocycles. The van der Waals surface area contributed by atoms with E-state index in [2.05, 4.69) is 6.92 Å². The molecule has 7 heteroatoms. The quantitative estimate of drug-likeness (QED) is 0.927. The van der Waals surface area contributed by atoms with Gasteiger partial charge in [-0.15, -0.1) is 0 Å². The summed E-state index contributed by atoms with van der Waals surface area (Å²) >= 11 is 0. The molecule has 0 heterocycles. The third-order valence-corrected chi connectivity index (χ3v) is 4.85. The molecule has 0 bridgehead atoms. The van der Waals surface area contributed by atoms with Crippen LogP contribution in [0.1, 0.15) is 39.0 Å². The normalized spacial score (nSPS) is 23.0. The summed E-state index contributed by atoms with van der Waals surface area (Å²) in [5.41, 5.74) is 0. The molecule has 1 aromatic rings. The summed E-state index contributed by atoms with van der Waals surface area (Å²) in [6, 6.07) is 2.05. The standard InChI is InChI=1S/C14H19F2NO3S/c1-2-9-4-3-5-10(8-9)20-11-6-7-12(21(17,18)19)14(16)13(11)15/h6-7,9-10H,2-5,8H2,1H3,(H2,17,18,19). The molecule has 0 amide bonds. The summed E-state index contributed by atoms with van der Waals surface area (Å²) in [5.74, 6) is -2.53. The number of benzene rings is 1. The van der Waals surface area contributed by atoms with Crippen molar-refractivity contribution in [2.24, 2.45) is 11.1 Å². The van der Waals surface area contributed by atoms with Crippen molar-refractivity contribution >= 4 is 10.0 Å². The van der Waals surface area contributed by atoms with Gasteiger partial charge in [-0.05, 0) is 37.3 Å². The molecule has 0 saturated heterocycles. The number of primary sulfonamides is 1. The van der Waals surface area contributed by atoms with Crippen LogP contribution in [0.25, 0.3) is 0 Å². The Balaban J connectivity index is 2.20. The topological polar surface area (TPSA) is 69.4 Å². The SMILES string of the molecule is CCC1CCCC(Oc2ccc(S(N)(=O)=O)c(F)c2F)C1. The van der Waals surface area contributed by atoms with Gasteiger partial charge in [-0.3, -0.25) is 0 Å². The fourth-order valence-corrected chi connectivity index (χ4v) is 3.32. The lowest BCUT2D eigenvalue weighted by Gasteiger charge is -2.29. The number of ether oxygens (including phenoxy) is 1. The van der Waals surface area contributed by atoms with Gasteiger partial charge in [0, 0.05) is 0 Å². The molecule has 2 rings (SSSR count). The third kappa shape index (κ3) is 3.71. The van der Waals surface area contributed by atoms with E-state index in [0.717, 1.165) is 44.2 Å². The smallest absolute Gasteiger partial charge is 0.241 e. The molecule has 2 N–H and O–H groups in total. The average Bonchev–Trinajstić information content (AvgIpc) is 2.43. The second-order valence-corrected chi connectivity index (χ2v) is 6.95. The van der Waals surface area contributed by atoms with Crippen LogP contribution in [0.15, 0.2) is 17.0 Å². The van der Waals surface area contributed by atoms with E-state index in [1.807, 2.05) is 0 Å². The highest BCUT2D eigenvalue weighted by Crippen LogP contribution is 2.32. The van der Waals surface area contributed by atoms with Crippen LogP contribution in [0.5, 0.6) is 5.75 Å². The third-order valence-electron chi connectivity index (χ3n) is 3.92. The molecule has 1 aliphatic rings. The Kier molecular flexibility index (Phi) is 4.83. The van der Waals surface area contributed by atoms with E-state index in [1.165, 1.54) is 0 Å². The molecule has 0 radical (unpaired) electrons. The van der Waals surface area contributed by atoms with Crippen molar-refractivity contribution in [3.63, 3.8) is 0 Å². The monoisotopic (exact) mass is 319 g/mol. The molecule has 2 atom stereocenters. The minimum atomic E-state index is -4.29. The van der Waals surface area contributed by atoms with Crippen molar-refractivity contribution in [3.05, 3.63) is 23.8 Å². The molecular formula is C14H19F2NO3S. The zero-order valence-electron chi connectivity index (χ0n) is 11.8. The van der Waals surface area contributed by atoms with E-state index in [0.29, 0.717) is 5.92 Å². The van der Waals surface area contributed by atoms with E-state index in [4.69, 9.17) is 9.88 Å². The molecular weight excluding hydrogens is 300 g/mol. The first-order valence-electron chi connectivity index (χ1n) is 7.00. The molecule has 4 nitrogen and oxygen atoms in total. The van der Waals surface area contributed by atoms with Crippen LogP contribution in [-0.2, 0) is 10.0 Å². The first kappa shape index (κ1) is 16.2. The molecule has 21 heavy (non-hydrogen) atoms. The number of halogens is 2. The van der Waals surface area contributed by atoms with Gasteiger partial charge in [0.2, 0.25) is 15.8 Å². The Morgan fingerprint density at radius 3 is 2.62 bits per heavy atom. The van der Waals surface area contributed by atoms with Gasteiger partial charge in [0.05, 0.1) is 6.10 Å². The Labute approximate surface area is 123 Å². The Morgan fingerprint density at radius 1 is 1.29 bits per heavy atom. The number of hydrogen-bond donors (Lipinski definition) is 1. The summed E-state index contributed by atoms with van der Waals surface area (Å²) in [4.78, 5) is -0.859. The van der Waals surface area contributed by atoms with Gasteiger partial charge >= 0.3 is 0 Å². The minimum Gasteiger partial charge on any atom is -0.487 e. The Morgan fingerprint density at radius 2 is 2.00 bits per heavy atom. The van der Waals surface area contributed by atoms with Crippen LogP contribution >= 0.6 is 0 Å². The molecule has 1 aromatic carbocycles. The van der Waals surface area contributed by atoms with Crippen LogP contribution < -0.4 is 9.88 Å². The fourth-order valence-electron chi connectivity index (χ4n) is 2.72. The molecule has 0 aromatic heterocycles. The zero-order chi connectivity index (χ0) is 15.6. The molecule has 1 saturated carbocycles. The van der Waals surface area contributed by atoms with Gasteiger partial charge in [-0.2, -0.15) is 4.39 Å². The summed E-state index contributed by atoms with van der Waals surface area (Å²) in [6.07, 6.45) is 4.56. The molecule has 0 aliphatic heterocycles. The van der Waals surface area contributed by atoms with Crippen LogP contribution in [0, 0.1) is 17.6 Å². The predicted molar refractivity (Wildman–Crippen MR) is 74.4 cm³/mol. The highest BCUT2D eigenvalue weighted by atomic mass is 32.2. The number of rotatable bonds is 4. The molecule has 1 fully saturated rings. The Hall–Kier alpha value is -1.21. The van der Waals surface area contributed by atoms with E-state index in [1.54, 1.807) is 0 Å². The van der Waals surface area contributed by atoms with Crippen molar-refractivity contribution in [2.45, 2.75) is 50.0 Å². The summed E-state index contributed by atoms with van der Waals surface area (Å²) < 4.78 is 55.4. The summed E-state index contributed by atoms with van der Waals surface area (Å²) in [5, 5.41) is 4.82. The summed E-state index contributed by atoms with van der Waals surface area (Å²) in [6.45, 7) is 2.09. The van der Waals surface area contributed by atoms with Crippen molar-refractivity contribution in [2.75, 3.05) is 0 Å². The van der Waals surface area contributed by atoms with Crippen molar-refractivity contribution in [1.29, 1.82) is 0 Å². The van der Waals surface area contributed by atoms with Gasteiger partial charge < -0.3 is 4.74 Å². The molecule has 118 valence electrons. The number of nitrogens with two attached hydrogens (primary N) is 1. The van der Waals surface area contributed by atoms with Crippen LogP contribution in [0.4, 0.5) is 8.78 Å². The Bertz CT molecular complexity index is 619. The highest BCUT2D eigenvalue weighted by Gasteiger charge is 2.26. The second kappa shape index (κ2) is 6.27. The number of sulfonamides is 1. The van der Waals surface area contributed by atoms with E-state index < -0.39 is 26.6 Å². The van der Waals surface area contributed by atoms with Gasteiger partial charge in [0.15, 0.2) is 11.6 Å². The van der Waals surface area contributed by atoms with E-state index in [-0.39, 0.29) is 11.9 Å². The van der Waals surface area contributed by atoms with Crippen molar-refractivity contribution < 1.29 is 21.9 Å². The maximum absolute atomic E-state index is 13.9. The molecule has 0 spiro atoms. The lowest BCUT2D eigenvalue weighted by molar-refractivity contribution is 0.116. The van der Waals surface area contributed by atoms with Gasteiger partial charge in [0.25, 0.3) is 0 Å². The highest BCUT2D eigenvalue weighted by molar-refractivity contribution is 7.89. The number of hydrogen-bond acceptors (Lipinski definition) is 3. The van der Waals surface area contributed by atoms with Gasteiger partial charge in [0.1, 0.15) is 4.90 Å².